The average Bonchev–Trinajstić information content (AvgIpc) is 2.55. The molecule has 0 fully saturated rings. The van der Waals surface area contributed by atoms with Gasteiger partial charge in [-0.1, -0.05) is 38.1 Å². The number of rotatable bonds is 4. The summed E-state index contributed by atoms with van der Waals surface area (Å²) in [5.74, 6) is -3.11. The van der Waals surface area contributed by atoms with Gasteiger partial charge in [0.25, 0.3) is 0 Å². The molecular formula is C18H16I2O4Zn. The van der Waals surface area contributed by atoms with Crippen molar-refractivity contribution >= 4 is 57.1 Å². The second kappa shape index (κ2) is 12.0. The van der Waals surface area contributed by atoms with E-state index in [4.69, 9.17) is 0 Å². The Morgan fingerprint density at radius 2 is 0.960 bits per heavy atom. The maximum absolute atomic E-state index is 10.5. The summed E-state index contributed by atoms with van der Waals surface area (Å²) >= 11 is 4.35. The van der Waals surface area contributed by atoms with Gasteiger partial charge in [-0.05, 0) is 80.6 Å². The monoisotopic (exact) mass is 614 g/mol. The van der Waals surface area contributed by atoms with E-state index in [9.17, 15) is 19.8 Å². The topological polar surface area (TPSA) is 80.3 Å². The van der Waals surface area contributed by atoms with Crippen molar-refractivity contribution < 1.29 is 39.3 Å². The molecule has 0 aliphatic rings. The number of carbonyl (C=O) groups excluding carboxylic acids is 2. The number of benzene rings is 2. The molecule has 0 spiro atoms. The molecule has 0 heterocycles. The quantitative estimate of drug-likeness (QED) is 0.391. The van der Waals surface area contributed by atoms with Crippen LogP contribution in [0, 0.1) is 7.14 Å². The Balaban J connectivity index is 0.000000443. The molecular weight excluding hydrogens is 599 g/mol. The number of halogens is 2. The zero-order valence-electron chi connectivity index (χ0n) is 13.9. The zero-order valence-corrected chi connectivity index (χ0v) is 21.2. The fourth-order valence-electron chi connectivity index (χ4n) is 1.78. The Labute approximate surface area is 187 Å². The number of aliphatic carboxylic acids is 2. The minimum Gasteiger partial charge on any atom is -0.550 e. The number of hydrogen-bond acceptors (Lipinski definition) is 4. The van der Waals surface area contributed by atoms with Crippen molar-refractivity contribution in [3.8, 4) is 0 Å². The molecule has 4 nitrogen and oxygen atoms in total. The molecule has 128 valence electrons. The van der Waals surface area contributed by atoms with Crippen LogP contribution in [-0.2, 0) is 29.1 Å². The molecule has 0 aliphatic carbocycles. The predicted molar refractivity (Wildman–Crippen MR) is 105 cm³/mol. The van der Waals surface area contributed by atoms with Gasteiger partial charge >= 0.3 is 19.5 Å². The Morgan fingerprint density at radius 3 is 1.16 bits per heavy atom. The third-order valence-corrected chi connectivity index (χ3v) is 4.89. The molecule has 7 heteroatoms. The van der Waals surface area contributed by atoms with E-state index in [-0.39, 0.29) is 19.5 Å². The van der Waals surface area contributed by atoms with E-state index in [1.165, 1.54) is 0 Å². The van der Waals surface area contributed by atoms with Crippen molar-refractivity contribution in [2.45, 2.75) is 25.7 Å². The van der Waals surface area contributed by atoms with E-state index >= 15 is 0 Å². The first-order valence-electron chi connectivity index (χ1n) is 7.15. The number of hydrogen-bond donors (Lipinski definition) is 0. The molecule has 2 aromatic carbocycles. The molecule has 0 aliphatic heterocycles. The van der Waals surface area contributed by atoms with Crippen LogP contribution in [0.4, 0.5) is 0 Å². The third-order valence-electron chi connectivity index (χ3n) is 3.45. The van der Waals surface area contributed by atoms with Gasteiger partial charge in [-0.25, -0.2) is 0 Å². The molecule has 0 N–H and O–H groups in total. The molecule has 0 radical (unpaired) electrons. The molecule has 0 saturated heterocycles. The molecule has 2 unspecified atom stereocenters. The van der Waals surface area contributed by atoms with Crippen molar-refractivity contribution in [1.29, 1.82) is 0 Å². The molecule has 0 amide bonds. The van der Waals surface area contributed by atoms with E-state index in [1.54, 1.807) is 13.8 Å². The number of carbonyl (C=O) groups is 2. The van der Waals surface area contributed by atoms with Crippen LogP contribution in [0.5, 0.6) is 0 Å². The first-order chi connectivity index (χ1) is 11.2. The van der Waals surface area contributed by atoms with E-state index in [0.29, 0.717) is 0 Å². The number of carboxylic acids is 2. The molecule has 2 aromatic rings. The first kappa shape index (κ1) is 24.5. The summed E-state index contributed by atoms with van der Waals surface area (Å²) in [5, 5.41) is 20.9. The van der Waals surface area contributed by atoms with Gasteiger partial charge in [0.2, 0.25) is 0 Å². The molecule has 2 rings (SSSR count). The van der Waals surface area contributed by atoms with E-state index in [2.05, 4.69) is 45.2 Å². The first-order valence-corrected chi connectivity index (χ1v) is 9.30. The van der Waals surface area contributed by atoms with Gasteiger partial charge in [-0.3, -0.25) is 0 Å². The second-order valence-corrected chi connectivity index (χ2v) is 7.68. The fraction of sp³-hybridized carbons (Fsp3) is 0.222. The molecule has 2 atom stereocenters. The van der Waals surface area contributed by atoms with Crippen molar-refractivity contribution in [3.63, 3.8) is 0 Å². The summed E-state index contributed by atoms with van der Waals surface area (Å²) in [6, 6.07) is 14.8. The fourth-order valence-corrected chi connectivity index (χ4v) is 2.49. The smallest absolute Gasteiger partial charge is 0.550 e. The molecule has 25 heavy (non-hydrogen) atoms. The Kier molecular flexibility index (Phi) is 11.7. The summed E-state index contributed by atoms with van der Waals surface area (Å²) in [5.41, 5.74) is 1.57. The minimum absolute atomic E-state index is 0. The van der Waals surface area contributed by atoms with Gasteiger partial charge < -0.3 is 19.8 Å². The van der Waals surface area contributed by atoms with Crippen molar-refractivity contribution in [1.82, 2.24) is 0 Å². The van der Waals surface area contributed by atoms with Crippen LogP contribution < -0.4 is 10.2 Å². The van der Waals surface area contributed by atoms with Gasteiger partial charge in [-0.2, -0.15) is 0 Å². The average molecular weight is 616 g/mol. The van der Waals surface area contributed by atoms with E-state index in [0.717, 1.165) is 18.3 Å². The van der Waals surface area contributed by atoms with Gasteiger partial charge in [0, 0.05) is 30.9 Å². The van der Waals surface area contributed by atoms with Crippen LogP contribution >= 0.6 is 45.2 Å². The summed E-state index contributed by atoms with van der Waals surface area (Å²) < 4.78 is 2.20. The largest absolute Gasteiger partial charge is 2.00 e. The van der Waals surface area contributed by atoms with Crippen LogP contribution in [-0.4, -0.2) is 11.9 Å². The maximum Gasteiger partial charge on any atom is 2.00 e. The SMILES string of the molecule is CC(C(=O)[O-])c1ccc(I)cc1.CC(C(=O)[O-])c1ccc(I)cc1.[Zn+2]. The molecule has 0 saturated carbocycles. The molecule has 0 bridgehead atoms. The predicted octanol–water partition coefficient (Wildman–Crippen LogP) is 2.29. The van der Waals surface area contributed by atoms with Crippen LogP contribution in [0.25, 0.3) is 0 Å². The summed E-state index contributed by atoms with van der Waals surface area (Å²) in [4.78, 5) is 20.9. The standard InChI is InChI=1S/2C9H9IO2.Zn/c2*1-6(9(11)12)7-2-4-8(10)5-3-7;/h2*2-6H,1H3,(H,11,12);/q;;+2/p-2. The van der Waals surface area contributed by atoms with Crippen LogP contribution in [0.15, 0.2) is 48.5 Å². The zero-order chi connectivity index (χ0) is 18.3. The van der Waals surface area contributed by atoms with Crippen LogP contribution in [0.1, 0.15) is 36.8 Å². The normalized spacial score (nSPS) is 12.0. The van der Waals surface area contributed by atoms with Gasteiger partial charge in [0.05, 0.1) is 0 Å². The summed E-state index contributed by atoms with van der Waals surface area (Å²) in [6.07, 6.45) is 0. The minimum atomic E-state index is -1.03. The summed E-state index contributed by atoms with van der Waals surface area (Å²) in [6.45, 7) is 3.25. The van der Waals surface area contributed by atoms with Crippen molar-refractivity contribution in [3.05, 3.63) is 66.8 Å². The Morgan fingerprint density at radius 1 is 0.720 bits per heavy atom. The summed E-state index contributed by atoms with van der Waals surface area (Å²) in [7, 11) is 0. The van der Waals surface area contributed by atoms with Crippen molar-refractivity contribution in [2.24, 2.45) is 0 Å². The van der Waals surface area contributed by atoms with Gasteiger partial charge in [0.1, 0.15) is 0 Å². The Hall–Kier alpha value is -0.537. The Bertz CT molecular complexity index is 626. The second-order valence-electron chi connectivity index (χ2n) is 5.18. The third kappa shape index (κ3) is 8.59. The maximum atomic E-state index is 10.5. The van der Waals surface area contributed by atoms with E-state index in [1.807, 2.05) is 48.5 Å². The van der Waals surface area contributed by atoms with Crippen LogP contribution in [0.3, 0.4) is 0 Å². The van der Waals surface area contributed by atoms with Crippen LogP contribution in [0.2, 0.25) is 0 Å². The van der Waals surface area contributed by atoms with Gasteiger partial charge in [-0.15, -0.1) is 0 Å². The van der Waals surface area contributed by atoms with Gasteiger partial charge in [0.15, 0.2) is 0 Å². The van der Waals surface area contributed by atoms with E-state index < -0.39 is 23.8 Å². The number of carboxylic acid groups (broad SMARTS) is 2. The van der Waals surface area contributed by atoms with Crippen molar-refractivity contribution in [2.75, 3.05) is 0 Å². The molecule has 0 aromatic heterocycles.